The summed E-state index contributed by atoms with van der Waals surface area (Å²) in [6, 6.07) is 24.3. The number of anilines is 2. The summed E-state index contributed by atoms with van der Waals surface area (Å²) in [5, 5.41) is 7.23. The van der Waals surface area contributed by atoms with Crippen LogP contribution in [0.5, 0.6) is 0 Å². The Morgan fingerprint density at radius 3 is 1.81 bits per heavy atom. The van der Waals surface area contributed by atoms with Gasteiger partial charge in [-0.2, -0.15) is 13.2 Å². The third-order valence-electron chi connectivity index (χ3n) is 5.19. The molecule has 0 fully saturated rings. The lowest BCUT2D eigenvalue weighted by molar-refractivity contribution is -0.137. The Hall–Kier alpha value is -4.53. The minimum Gasteiger partial charge on any atom is -0.444 e. The molecule has 0 spiro atoms. The van der Waals surface area contributed by atoms with Crippen molar-refractivity contribution in [2.75, 3.05) is 10.6 Å². The molecule has 0 aromatic heterocycles. The van der Waals surface area contributed by atoms with E-state index in [0.29, 0.717) is 16.9 Å². The first-order chi connectivity index (χ1) is 17.3. The first kappa shape index (κ1) is 24.6. The molecule has 0 aliphatic rings. The molecule has 4 aromatic carbocycles. The number of rotatable bonds is 6. The van der Waals surface area contributed by atoms with Crippen LogP contribution in [-0.2, 0) is 28.9 Å². The van der Waals surface area contributed by atoms with Gasteiger partial charge in [0, 0.05) is 11.4 Å². The SMILES string of the molecule is O=C(Nc1cccc(NC(=O)OCc2ccc3ccccc3c2)c1)OCc1ccc(C(F)(F)F)cc1. The van der Waals surface area contributed by atoms with E-state index in [0.717, 1.165) is 28.5 Å². The lowest BCUT2D eigenvalue weighted by atomic mass is 10.1. The first-order valence-corrected chi connectivity index (χ1v) is 10.9. The van der Waals surface area contributed by atoms with Gasteiger partial charge in [0.2, 0.25) is 0 Å². The molecule has 9 heteroatoms. The van der Waals surface area contributed by atoms with Crippen molar-refractivity contribution < 1.29 is 32.2 Å². The minimum absolute atomic E-state index is 0.0882. The fourth-order valence-electron chi connectivity index (χ4n) is 3.40. The van der Waals surface area contributed by atoms with E-state index in [4.69, 9.17) is 9.47 Å². The molecular formula is C27H21F3N2O4. The van der Waals surface area contributed by atoms with Crippen LogP contribution in [-0.4, -0.2) is 12.2 Å². The quantitative estimate of drug-likeness (QED) is 0.294. The van der Waals surface area contributed by atoms with Gasteiger partial charge in [0.1, 0.15) is 13.2 Å². The van der Waals surface area contributed by atoms with Crippen LogP contribution in [0.25, 0.3) is 10.8 Å². The van der Waals surface area contributed by atoms with Crippen LogP contribution in [0.3, 0.4) is 0 Å². The molecule has 184 valence electrons. The Balaban J connectivity index is 1.26. The number of benzene rings is 4. The number of carbonyl (C=O) groups excluding carboxylic acids is 2. The molecule has 6 nitrogen and oxygen atoms in total. The zero-order valence-corrected chi connectivity index (χ0v) is 18.8. The number of fused-ring (bicyclic) bond motifs is 1. The van der Waals surface area contributed by atoms with Gasteiger partial charge in [0.05, 0.1) is 5.56 Å². The van der Waals surface area contributed by atoms with Crippen LogP contribution in [0.2, 0.25) is 0 Å². The van der Waals surface area contributed by atoms with Gasteiger partial charge in [-0.05, 0) is 58.3 Å². The van der Waals surface area contributed by atoms with Crippen molar-refractivity contribution in [1.82, 2.24) is 0 Å². The summed E-state index contributed by atoms with van der Waals surface area (Å²) in [4.78, 5) is 24.3. The van der Waals surface area contributed by atoms with Crippen LogP contribution < -0.4 is 10.6 Å². The van der Waals surface area contributed by atoms with Gasteiger partial charge in [0.15, 0.2) is 0 Å². The molecule has 0 saturated heterocycles. The monoisotopic (exact) mass is 494 g/mol. The molecule has 0 atom stereocenters. The lowest BCUT2D eigenvalue weighted by Gasteiger charge is -2.11. The Kier molecular flexibility index (Phi) is 7.39. The average Bonchev–Trinajstić information content (AvgIpc) is 2.86. The fraction of sp³-hybridized carbons (Fsp3) is 0.111. The molecule has 0 aliphatic carbocycles. The van der Waals surface area contributed by atoms with Crippen molar-refractivity contribution in [3.8, 4) is 0 Å². The number of halogens is 3. The van der Waals surface area contributed by atoms with E-state index in [-0.39, 0.29) is 13.2 Å². The standard InChI is InChI=1S/C27H21F3N2O4/c28-27(29,30)22-12-9-18(10-13-22)16-35-25(33)31-23-6-3-7-24(15-23)32-26(34)36-17-19-8-11-20-4-1-2-5-21(20)14-19/h1-15H,16-17H2,(H,31,33)(H,32,34). The van der Waals surface area contributed by atoms with Crippen molar-refractivity contribution in [3.63, 3.8) is 0 Å². The number of hydrogen-bond acceptors (Lipinski definition) is 4. The topological polar surface area (TPSA) is 76.7 Å². The summed E-state index contributed by atoms with van der Waals surface area (Å²) in [6.45, 7) is -0.117. The molecule has 2 amide bonds. The van der Waals surface area contributed by atoms with Crippen molar-refractivity contribution >= 4 is 34.3 Å². The predicted molar refractivity (Wildman–Crippen MR) is 129 cm³/mol. The van der Waals surface area contributed by atoms with Gasteiger partial charge >= 0.3 is 18.4 Å². The number of hydrogen-bond donors (Lipinski definition) is 2. The number of amides is 2. The number of nitrogens with one attached hydrogen (secondary N) is 2. The second-order valence-corrected chi connectivity index (χ2v) is 7.86. The van der Waals surface area contributed by atoms with E-state index in [1.54, 1.807) is 18.2 Å². The van der Waals surface area contributed by atoms with E-state index < -0.39 is 23.9 Å². The van der Waals surface area contributed by atoms with Gasteiger partial charge in [-0.3, -0.25) is 10.6 Å². The second kappa shape index (κ2) is 10.8. The van der Waals surface area contributed by atoms with Crippen LogP contribution in [0.4, 0.5) is 34.1 Å². The lowest BCUT2D eigenvalue weighted by Crippen LogP contribution is -2.15. The molecule has 0 heterocycles. The van der Waals surface area contributed by atoms with Crippen molar-refractivity contribution in [1.29, 1.82) is 0 Å². The van der Waals surface area contributed by atoms with Crippen LogP contribution in [0, 0.1) is 0 Å². The third kappa shape index (κ3) is 6.75. The van der Waals surface area contributed by atoms with Gasteiger partial charge in [-0.1, -0.05) is 54.6 Å². The summed E-state index contributed by atoms with van der Waals surface area (Å²) in [5.74, 6) is 0. The zero-order valence-electron chi connectivity index (χ0n) is 18.8. The van der Waals surface area contributed by atoms with Crippen LogP contribution in [0.15, 0.2) is 91.0 Å². The maximum atomic E-state index is 12.6. The van der Waals surface area contributed by atoms with Gasteiger partial charge in [0.25, 0.3) is 0 Å². The summed E-state index contributed by atoms with van der Waals surface area (Å²) < 4.78 is 48.2. The Morgan fingerprint density at radius 1 is 0.639 bits per heavy atom. The molecule has 36 heavy (non-hydrogen) atoms. The van der Waals surface area contributed by atoms with Crippen molar-refractivity contribution in [3.05, 3.63) is 108 Å². The van der Waals surface area contributed by atoms with Gasteiger partial charge < -0.3 is 9.47 Å². The minimum atomic E-state index is -4.43. The van der Waals surface area contributed by atoms with Gasteiger partial charge in [-0.15, -0.1) is 0 Å². The summed E-state index contributed by atoms with van der Waals surface area (Å²) in [5.41, 5.74) is 1.20. The number of ether oxygens (including phenoxy) is 2. The van der Waals surface area contributed by atoms with E-state index in [1.807, 2.05) is 42.5 Å². The summed E-state index contributed by atoms with van der Waals surface area (Å²) in [6.07, 6.45) is -5.89. The maximum Gasteiger partial charge on any atom is 0.416 e. The van der Waals surface area contributed by atoms with Gasteiger partial charge in [-0.25, -0.2) is 9.59 Å². The second-order valence-electron chi connectivity index (χ2n) is 7.86. The number of carbonyl (C=O) groups is 2. The summed E-state index contributed by atoms with van der Waals surface area (Å²) >= 11 is 0. The van der Waals surface area contributed by atoms with E-state index >= 15 is 0 Å². The smallest absolute Gasteiger partial charge is 0.416 e. The Bertz CT molecular complexity index is 1370. The molecule has 2 N–H and O–H groups in total. The molecule has 0 saturated carbocycles. The highest BCUT2D eigenvalue weighted by atomic mass is 19.4. The molecule has 4 aromatic rings. The molecule has 0 bridgehead atoms. The highest BCUT2D eigenvalue weighted by Crippen LogP contribution is 2.29. The Morgan fingerprint density at radius 2 is 1.19 bits per heavy atom. The van der Waals surface area contributed by atoms with Crippen LogP contribution >= 0.6 is 0 Å². The maximum absolute atomic E-state index is 12.6. The summed E-state index contributed by atoms with van der Waals surface area (Å²) in [7, 11) is 0. The average molecular weight is 494 g/mol. The van der Waals surface area contributed by atoms with Crippen molar-refractivity contribution in [2.24, 2.45) is 0 Å². The highest BCUT2D eigenvalue weighted by molar-refractivity contribution is 5.89. The van der Waals surface area contributed by atoms with Crippen LogP contribution in [0.1, 0.15) is 16.7 Å². The van der Waals surface area contributed by atoms with Crippen molar-refractivity contribution in [2.45, 2.75) is 19.4 Å². The normalized spacial score (nSPS) is 11.1. The zero-order chi connectivity index (χ0) is 25.5. The van der Waals surface area contributed by atoms with E-state index in [2.05, 4.69) is 10.6 Å². The highest BCUT2D eigenvalue weighted by Gasteiger charge is 2.29. The first-order valence-electron chi connectivity index (χ1n) is 10.9. The molecule has 0 unspecified atom stereocenters. The molecular weight excluding hydrogens is 473 g/mol. The third-order valence-corrected chi connectivity index (χ3v) is 5.19. The largest absolute Gasteiger partial charge is 0.444 e. The molecule has 4 rings (SSSR count). The predicted octanol–water partition coefficient (Wildman–Crippen LogP) is 7.36. The number of alkyl halides is 3. The fourth-order valence-corrected chi connectivity index (χ4v) is 3.40. The Labute approximate surface area is 204 Å². The van der Waals surface area contributed by atoms with E-state index in [9.17, 15) is 22.8 Å². The molecule has 0 radical (unpaired) electrons. The molecule has 0 aliphatic heterocycles. The van der Waals surface area contributed by atoms with E-state index in [1.165, 1.54) is 18.2 Å².